The van der Waals surface area contributed by atoms with Crippen molar-refractivity contribution in [3.63, 3.8) is 0 Å². The van der Waals surface area contributed by atoms with E-state index < -0.39 is 5.97 Å². The number of nitrogens with zero attached hydrogens (tertiary/aromatic N) is 2. The third-order valence-electron chi connectivity index (χ3n) is 2.45. The maximum absolute atomic E-state index is 11.3. The van der Waals surface area contributed by atoms with E-state index in [0.717, 1.165) is 20.8 Å². The molecule has 3 aromatic rings. The molecule has 0 unspecified atom stereocenters. The summed E-state index contributed by atoms with van der Waals surface area (Å²) in [5, 5.41) is 4.47. The third kappa shape index (κ3) is 1.89. The zero-order chi connectivity index (χ0) is 12.5. The molecule has 0 aromatic carbocycles. The fourth-order valence-corrected chi connectivity index (χ4v) is 3.12. The fourth-order valence-electron chi connectivity index (χ4n) is 1.57. The van der Waals surface area contributed by atoms with Gasteiger partial charge in [-0.2, -0.15) is 0 Å². The van der Waals surface area contributed by atoms with Crippen molar-refractivity contribution in [2.24, 2.45) is 0 Å². The van der Waals surface area contributed by atoms with Crippen molar-refractivity contribution in [2.75, 3.05) is 7.11 Å². The molecule has 0 bridgehead atoms. The van der Waals surface area contributed by atoms with Crippen molar-refractivity contribution >= 4 is 38.9 Å². The predicted octanol–water partition coefficient (Wildman–Crippen LogP) is 3.21. The molecule has 0 fully saturated rings. The van der Waals surface area contributed by atoms with Crippen molar-refractivity contribution in [3.8, 4) is 10.6 Å². The highest BCUT2D eigenvalue weighted by Gasteiger charge is 2.12. The smallest absolute Gasteiger partial charge is 0.357 e. The highest BCUT2D eigenvalue weighted by atomic mass is 32.1. The predicted molar refractivity (Wildman–Crippen MR) is 72.1 cm³/mol. The average Bonchev–Trinajstić information content (AvgIpc) is 3.05. The van der Waals surface area contributed by atoms with Gasteiger partial charge in [-0.05, 0) is 17.5 Å². The van der Waals surface area contributed by atoms with Crippen molar-refractivity contribution in [1.29, 1.82) is 0 Å². The molecule has 6 heteroatoms. The first-order valence-corrected chi connectivity index (χ1v) is 6.91. The highest BCUT2D eigenvalue weighted by Crippen LogP contribution is 2.28. The Morgan fingerprint density at radius 2 is 2.28 bits per heavy atom. The van der Waals surface area contributed by atoms with Crippen LogP contribution in [0.4, 0.5) is 0 Å². The van der Waals surface area contributed by atoms with E-state index in [1.165, 1.54) is 18.4 Å². The van der Waals surface area contributed by atoms with Crippen molar-refractivity contribution < 1.29 is 9.53 Å². The lowest BCUT2D eigenvalue weighted by atomic mass is 10.3. The second-order valence-corrected chi connectivity index (χ2v) is 5.36. The Morgan fingerprint density at radius 3 is 3.11 bits per heavy atom. The van der Waals surface area contributed by atoms with Crippen LogP contribution in [0.15, 0.2) is 29.1 Å². The number of carbonyl (C=O) groups is 1. The fraction of sp³-hybridized carbons (Fsp3) is 0.0833. The largest absolute Gasteiger partial charge is 0.464 e. The van der Waals surface area contributed by atoms with Crippen LogP contribution in [0.2, 0.25) is 0 Å². The summed E-state index contributed by atoms with van der Waals surface area (Å²) in [6.45, 7) is 0. The third-order valence-corrected chi connectivity index (χ3v) is 4.19. The maximum Gasteiger partial charge on any atom is 0.357 e. The van der Waals surface area contributed by atoms with Gasteiger partial charge in [-0.1, -0.05) is 0 Å². The Bertz CT molecular complexity index is 718. The number of thiophene rings is 1. The van der Waals surface area contributed by atoms with E-state index in [2.05, 4.69) is 14.7 Å². The van der Waals surface area contributed by atoms with Crippen molar-refractivity contribution in [2.45, 2.75) is 0 Å². The number of methoxy groups -OCH3 is 1. The first-order valence-electron chi connectivity index (χ1n) is 5.15. The molecule has 18 heavy (non-hydrogen) atoms. The molecule has 3 rings (SSSR count). The number of carbonyl (C=O) groups excluding carboxylic acids is 1. The summed E-state index contributed by atoms with van der Waals surface area (Å²) in [4.78, 5) is 19.9. The minimum absolute atomic E-state index is 0.337. The standard InChI is InChI=1S/C12H8N2O2S2/c1-16-12(15)9-6-18-11(14-9)7-4-10-8(13-5-7)2-3-17-10/h2-6H,1H3. The number of hydrogen-bond acceptors (Lipinski definition) is 6. The number of rotatable bonds is 2. The number of aromatic nitrogens is 2. The molecule has 4 nitrogen and oxygen atoms in total. The van der Waals surface area contributed by atoms with Crippen LogP contribution in [0.3, 0.4) is 0 Å². The monoisotopic (exact) mass is 276 g/mol. The van der Waals surface area contributed by atoms with E-state index in [-0.39, 0.29) is 0 Å². The Kier molecular flexibility index (Phi) is 2.81. The van der Waals surface area contributed by atoms with E-state index in [0.29, 0.717) is 5.69 Å². The molecule has 0 aliphatic rings. The zero-order valence-corrected chi connectivity index (χ0v) is 11.0. The lowest BCUT2D eigenvalue weighted by molar-refractivity contribution is 0.0595. The van der Waals surface area contributed by atoms with Crippen LogP contribution in [-0.2, 0) is 4.74 Å². The summed E-state index contributed by atoms with van der Waals surface area (Å²) < 4.78 is 5.75. The van der Waals surface area contributed by atoms with Gasteiger partial charge >= 0.3 is 5.97 Å². The van der Waals surface area contributed by atoms with Gasteiger partial charge in [0, 0.05) is 17.1 Å². The SMILES string of the molecule is COC(=O)c1csc(-c2cnc3ccsc3c2)n1. The summed E-state index contributed by atoms with van der Waals surface area (Å²) in [6, 6.07) is 4.01. The van der Waals surface area contributed by atoms with E-state index in [1.54, 1.807) is 22.9 Å². The number of esters is 1. The zero-order valence-electron chi connectivity index (χ0n) is 9.41. The molecule has 3 heterocycles. The molecular weight excluding hydrogens is 268 g/mol. The van der Waals surface area contributed by atoms with Crippen LogP contribution in [0.1, 0.15) is 10.5 Å². The summed E-state index contributed by atoms with van der Waals surface area (Å²) in [7, 11) is 1.35. The number of fused-ring (bicyclic) bond motifs is 1. The molecule has 0 radical (unpaired) electrons. The summed E-state index contributed by atoms with van der Waals surface area (Å²) in [5.41, 5.74) is 2.24. The Hall–Kier alpha value is -1.79. The number of hydrogen-bond donors (Lipinski definition) is 0. The van der Waals surface area contributed by atoms with Crippen LogP contribution in [0.5, 0.6) is 0 Å². The minimum atomic E-state index is -0.414. The number of ether oxygens (including phenoxy) is 1. The second-order valence-electron chi connectivity index (χ2n) is 3.56. The van der Waals surface area contributed by atoms with Crippen molar-refractivity contribution in [1.82, 2.24) is 9.97 Å². The molecule has 0 atom stereocenters. The Balaban J connectivity index is 2.03. The van der Waals surface area contributed by atoms with E-state index >= 15 is 0 Å². The van der Waals surface area contributed by atoms with E-state index in [1.807, 2.05) is 17.5 Å². The van der Waals surface area contributed by atoms with Gasteiger partial charge in [-0.3, -0.25) is 4.98 Å². The molecule has 0 spiro atoms. The lowest BCUT2D eigenvalue weighted by Gasteiger charge is -1.96. The topological polar surface area (TPSA) is 52.1 Å². The van der Waals surface area contributed by atoms with Crippen LogP contribution < -0.4 is 0 Å². The summed E-state index contributed by atoms with van der Waals surface area (Å²) in [6.07, 6.45) is 1.77. The quantitative estimate of drug-likeness (QED) is 0.674. The van der Waals surface area contributed by atoms with Gasteiger partial charge in [-0.15, -0.1) is 22.7 Å². The molecule has 0 aliphatic carbocycles. The van der Waals surface area contributed by atoms with Gasteiger partial charge in [0.25, 0.3) is 0 Å². The number of thiazole rings is 1. The Labute approximate surface area is 111 Å². The second kappa shape index (κ2) is 4.47. The molecular formula is C12H8N2O2S2. The molecule has 0 amide bonds. The van der Waals surface area contributed by atoms with E-state index in [4.69, 9.17) is 0 Å². The van der Waals surface area contributed by atoms with E-state index in [9.17, 15) is 4.79 Å². The van der Waals surface area contributed by atoms with Crippen LogP contribution >= 0.6 is 22.7 Å². The average molecular weight is 276 g/mol. The molecule has 0 N–H and O–H groups in total. The lowest BCUT2D eigenvalue weighted by Crippen LogP contribution is -2.00. The van der Waals surface area contributed by atoms with Gasteiger partial charge in [0.05, 0.1) is 17.3 Å². The van der Waals surface area contributed by atoms with Crippen LogP contribution in [0.25, 0.3) is 20.8 Å². The summed E-state index contributed by atoms with van der Waals surface area (Å²) in [5.74, 6) is -0.414. The first kappa shape index (κ1) is 11.3. The minimum Gasteiger partial charge on any atom is -0.464 e. The van der Waals surface area contributed by atoms with Crippen molar-refractivity contribution in [3.05, 3.63) is 34.8 Å². The van der Waals surface area contributed by atoms with Gasteiger partial charge in [0.15, 0.2) is 5.69 Å². The summed E-state index contributed by atoms with van der Waals surface area (Å²) >= 11 is 3.05. The van der Waals surface area contributed by atoms with Crippen LogP contribution in [0, 0.1) is 0 Å². The molecule has 90 valence electrons. The molecule has 0 saturated carbocycles. The maximum atomic E-state index is 11.3. The highest BCUT2D eigenvalue weighted by molar-refractivity contribution is 7.17. The number of pyridine rings is 1. The van der Waals surface area contributed by atoms with Gasteiger partial charge in [0.1, 0.15) is 5.01 Å². The van der Waals surface area contributed by atoms with Gasteiger partial charge in [-0.25, -0.2) is 9.78 Å². The van der Waals surface area contributed by atoms with Crippen LogP contribution in [-0.4, -0.2) is 23.0 Å². The molecule has 0 saturated heterocycles. The molecule has 0 aliphatic heterocycles. The first-order chi connectivity index (χ1) is 8.78. The normalized spacial score (nSPS) is 10.7. The van der Waals surface area contributed by atoms with Gasteiger partial charge < -0.3 is 4.74 Å². The molecule has 3 aromatic heterocycles. The van der Waals surface area contributed by atoms with Gasteiger partial charge in [0.2, 0.25) is 0 Å². The Morgan fingerprint density at radius 1 is 1.39 bits per heavy atom.